The molecule has 3 heterocycles. The van der Waals surface area contributed by atoms with Crippen molar-refractivity contribution in [2.45, 2.75) is 18.9 Å². The molecule has 2 atom stereocenters. The van der Waals surface area contributed by atoms with Gasteiger partial charge in [0.05, 0.1) is 5.92 Å². The number of carbonyl (C=O) groups excluding carboxylic acids is 1. The average Bonchev–Trinajstić information content (AvgIpc) is 2.55. The molecule has 0 saturated carbocycles. The molecule has 1 aromatic carbocycles. The Morgan fingerprint density at radius 3 is 2.43 bits per heavy atom. The number of benzene rings is 1. The number of carboxylic acid groups (broad SMARTS) is 1. The van der Waals surface area contributed by atoms with Crippen molar-refractivity contribution in [1.29, 1.82) is 0 Å². The van der Waals surface area contributed by atoms with E-state index in [9.17, 15) is 24.9 Å². The molecule has 6 heteroatoms. The van der Waals surface area contributed by atoms with Crippen LogP contribution in [0.25, 0.3) is 6.08 Å². The third kappa shape index (κ3) is 2.94. The summed E-state index contributed by atoms with van der Waals surface area (Å²) in [6.07, 6.45) is 4.63. The molecule has 1 aromatic rings. The van der Waals surface area contributed by atoms with Crippen LogP contribution in [0.5, 0.6) is 11.5 Å². The number of phenolic OH excluding ortho intramolecular Hbond substituents is 2. The van der Waals surface area contributed by atoms with Gasteiger partial charge >= 0.3 is 5.97 Å². The molecular formula is C17H19NO5. The summed E-state index contributed by atoms with van der Waals surface area (Å²) in [5.41, 5.74) is 0.571. The lowest BCUT2D eigenvalue weighted by atomic mass is 9.71. The fourth-order valence-corrected chi connectivity index (χ4v) is 3.67. The highest BCUT2D eigenvalue weighted by molar-refractivity contribution is 5.99. The molecule has 0 radical (unpaired) electrons. The Morgan fingerprint density at radius 2 is 1.83 bits per heavy atom. The maximum atomic E-state index is 12.5. The molecule has 3 N–H and O–H groups in total. The second kappa shape index (κ2) is 6.04. The van der Waals surface area contributed by atoms with E-state index in [4.69, 9.17) is 0 Å². The van der Waals surface area contributed by atoms with E-state index in [1.165, 1.54) is 24.3 Å². The molecule has 3 aliphatic heterocycles. The Balaban J connectivity index is 1.79. The van der Waals surface area contributed by atoms with Gasteiger partial charge in [0.15, 0.2) is 17.3 Å². The Morgan fingerprint density at radius 1 is 1.13 bits per heavy atom. The van der Waals surface area contributed by atoms with Crippen molar-refractivity contribution in [1.82, 2.24) is 4.90 Å². The van der Waals surface area contributed by atoms with Crippen molar-refractivity contribution in [2.24, 2.45) is 11.8 Å². The molecule has 0 spiro atoms. The number of nitrogens with zero attached hydrogens (tertiary/aromatic N) is 1. The quantitative estimate of drug-likeness (QED) is 0.575. The molecule has 0 amide bonds. The molecule has 4 rings (SSSR count). The van der Waals surface area contributed by atoms with Gasteiger partial charge in [-0.25, -0.2) is 0 Å². The van der Waals surface area contributed by atoms with E-state index in [0.717, 1.165) is 25.9 Å². The van der Waals surface area contributed by atoms with Crippen LogP contribution < -0.4 is 0 Å². The summed E-state index contributed by atoms with van der Waals surface area (Å²) in [4.78, 5) is 26.0. The lowest BCUT2D eigenvalue weighted by molar-refractivity contribution is -0.156. The van der Waals surface area contributed by atoms with Crippen LogP contribution in [0, 0.1) is 11.8 Å². The number of rotatable bonds is 4. The maximum absolute atomic E-state index is 12.5. The molecule has 3 saturated heterocycles. The third-order valence-electron chi connectivity index (χ3n) is 4.84. The van der Waals surface area contributed by atoms with Crippen molar-refractivity contribution in [3.8, 4) is 11.5 Å². The first-order chi connectivity index (χ1) is 11.0. The van der Waals surface area contributed by atoms with Crippen molar-refractivity contribution in [3.05, 3.63) is 29.8 Å². The maximum Gasteiger partial charge on any atom is 0.321 e. The molecule has 2 bridgehead atoms. The lowest BCUT2D eigenvalue weighted by Gasteiger charge is -2.48. The minimum Gasteiger partial charge on any atom is -0.504 e. The molecule has 0 aliphatic carbocycles. The van der Waals surface area contributed by atoms with E-state index in [1.54, 1.807) is 6.07 Å². The number of ketones is 1. The normalized spacial score (nSPS) is 29.7. The second-order valence-electron chi connectivity index (χ2n) is 6.17. The molecule has 0 aromatic heterocycles. The molecule has 2 unspecified atom stereocenters. The minimum absolute atomic E-state index is 0.117. The number of hydrogen-bond acceptors (Lipinski definition) is 5. The van der Waals surface area contributed by atoms with Crippen molar-refractivity contribution >= 4 is 17.8 Å². The van der Waals surface area contributed by atoms with Gasteiger partial charge in [0, 0.05) is 0 Å². The van der Waals surface area contributed by atoms with E-state index >= 15 is 0 Å². The molecular weight excluding hydrogens is 298 g/mol. The number of piperidine rings is 3. The Labute approximate surface area is 133 Å². The van der Waals surface area contributed by atoms with E-state index < -0.39 is 17.9 Å². The highest BCUT2D eigenvalue weighted by atomic mass is 16.4. The number of phenols is 2. The van der Waals surface area contributed by atoms with Crippen molar-refractivity contribution in [3.63, 3.8) is 0 Å². The van der Waals surface area contributed by atoms with E-state index in [0.29, 0.717) is 5.56 Å². The van der Waals surface area contributed by atoms with Crippen LogP contribution in [-0.4, -0.2) is 51.1 Å². The summed E-state index contributed by atoms with van der Waals surface area (Å²) in [5, 5.41) is 28.2. The van der Waals surface area contributed by atoms with E-state index in [2.05, 4.69) is 0 Å². The van der Waals surface area contributed by atoms with Crippen LogP contribution in [0.1, 0.15) is 18.4 Å². The third-order valence-corrected chi connectivity index (χ3v) is 4.84. The first-order valence-electron chi connectivity index (χ1n) is 7.68. The van der Waals surface area contributed by atoms with Crippen LogP contribution in [-0.2, 0) is 9.59 Å². The minimum atomic E-state index is -0.941. The topological polar surface area (TPSA) is 98.1 Å². The summed E-state index contributed by atoms with van der Waals surface area (Å²) >= 11 is 0. The summed E-state index contributed by atoms with van der Waals surface area (Å²) in [5.74, 6) is -2.02. The van der Waals surface area contributed by atoms with Crippen LogP contribution in [0.3, 0.4) is 0 Å². The van der Waals surface area contributed by atoms with Crippen LogP contribution in [0.2, 0.25) is 0 Å². The van der Waals surface area contributed by atoms with Crippen molar-refractivity contribution < 1.29 is 24.9 Å². The van der Waals surface area contributed by atoms with Gasteiger partial charge in [-0.1, -0.05) is 12.1 Å². The largest absolute Gasteiger partial charge is 0.504 e. The monoisotopic (exact) mass is 317 g/mol. The number of hydrogen-bond donors (Lipinski definition) is 3. The lowest BCUT2D eigenvalue weighted by Crippen LogP contribution is -2.60. The molecule has 122 valence electrons. The van der Waals surface area contributed by atoms with Gasteiger partial charge in [-0.05, 0) is 55.6 Å². The van der Waals surface area contributed by atoms with Gasteiger partial charge in [-0.2, -0.15) is 0 Å². The Hall–Kier alpha value is -2.34. The van der Waals surface area contributed by atoms with Gasteiger partial charge in [-0.15, -0.1) is 0 Å². The average molecular weight is 317 g/mol. The van der Waals surface area contributed by atoms with Gasteiger partial charge in [-0.3, -0.25) is 14.5 Å². The standard InChI is InChI=1S/C17H19NO5/c19-12-3-1-10(9-14(12)21)2-4-13(20)15-11-5-7-18(8-6-11)16(15)17(22)23/h1-4,9,11,15-16,19,21H,5-8H2,(H,22,23). The number of carboxylic acids is 1. The zero-order chi connectivity index (χ0) is 16.6. The summed E-state index contributed by atoms with van der Waals surface area (Å²) in [6.45, 7) is 1.47. The zero-order valence-corrected chi connectivity index (χ0v) is 12.6. The summed E-state index contributed by atoms with van der Waals surface area (Å²) in [7, 11) is 0. The van der Waals surface area contributed by atoms with Crippen LogP contribution in [0.15, 0.2) is 24.3 Å². The fraction of sp³-hybridized carbons (Fsp3) is 0.412. The van der Waals surface area contributed by atoms with Crippen LogP contribution in [0.4, 0.5) is 0 Å². The Kier molecular flexibility index (Phi) is 4.09. The first-order valence-corrected chi connectivity index (χ1v) is 7.68. The highest BCUT2D eigenvalue weighted by Gasteiger charge is 2.48. The van der Waals surface area contributed by atoms with E-state index in [-0.39, 0.29) is 23.2 Å². The van der Waals surface area contributed by atoms with Gasteiger partial charge < -0.3 is 15.3 Å². The van der Waals surface area contributed by atoms with Gasteiger partial charge in [0.1, 0.15) is 6.04 Å². The van der Waals surface area contributed by atoms with Gasteiger partial charge in [0.25, 0.3) is 0 Å². The second-order valence-corrected chi connectivity index (χ2v) is 6.17. The number of aliphatic carboxylic acids is 1. The predicted molar refractivity (Wildman–Crippen MR) is 83.0 cm³/mol. The van der Waals surface area contributed by atoms with Crippen LogP contribution >= 0.6 is 0 Å². The number of allylic oxidation sites excluding steroid dienone is 1. The van der Waals surface area contributed by atoms with Gasteiger partial charge in [0.2, 0.25) is 0 Å². The zero-order valence-electron chi connectivity index (χ0n) is 12.6. The number of aromatic hydroxyl groups is 2. The number of carbonyl (C=O) groups is 2. The smallest absolute Gasteiger partial charge is 0.321 e. The first kappa shape index (κ1) is 15.6. The van der Waals surface area contributed by atoms with Crippen molar-refractivity contribution in [2.75, 3.05) is 13.1 Å². The van der Waals surface area contributed by atoms with E-state index in [1.807, 2.05) is 4.90 Å². The fourth-order valence-electron chi connectivity index (χ4n) is 3.67. The Bertz CT molecular complexity index is 661. The highest BCUT2D eigenvalue weighted by Crippen LogP contribution is 2.38. The molecule has 6 nitrogen and oxygen atoms in total. The predicted octanol–water partition coefficient (Wildman–Crippen LogP) is 1.48. The number of fused-ring (bicyclic) bond motifs is 3. The summed E-state index contributed by atoms with van der Waals surface area (Å²) in [6, 6.07) is 3.52. The molecule has 3 aliphatic rings. The molecule has 3 fully saturated rings. The summed E-state index contributed by atoms with van der Waals surface area (Å²) < 4.78 is 0. The molecule has 23 heavy (non-hydrogen) atoms. The SMILES string of the molecule is O=C(C=Cc1ccc(O)c(O)c1)C1C2CCN(CC2)C1C(=O)O.